The molecule has 1 aromatic carbocycles. The molecule has 5 aliphatic rings. The second-order valence-corrected chi connectivity index (χ2v) is 9.64. The van der Waals surface area contributed by atoms with Crippen molar-refractivity contribution in [2.75, 3.05) is 4.90 Å². The number of benzene rings is 1. The molecule has 5 nitrogen and oxygen atoms in total. The average Bonchev–Trinajstić information content (AvgIpc) is 2.99. The molecule has 1 aromatic rings. The first-order valence-corrected chi connectivity index (χ1v) is 10.7. The highest BCUT2D eigenvalue weighted by molar-refractivity contribution is 6.19. The summed E-state index contributed by atoms with van der Waals surface area (Å²) >= 11 is 0. The monoisotopic (exact) mass is 380 g/mol. The van der Waals surface area contributed by atoms with Crippen molar-refractivity contribution in [3.05, 3.63) is 29.8 Å². The Kier molecular flexibility index (Phi) is 4.11. The van der Waals surface area contributed by atoms with E-state index in [0.717, 1.165) is 17.8 Å². The van der Waals surface area contributed by atoms with E-state index >= 15 is 0 Å². The average molecular weight is 380 g/mol. The number of nitrogens with zero attached hydrogens (tertiary/aromatic N) is 1. The summed E-state index contributed by atoms with van der Waals surface area (Å²) in [6, 6.07) is 7.01. The number of carbonyl (C=O) groups excluding carboxylic acids is 3. The summed E-state index contributed by atoms with van der Waals surface area (Å²) in [7, 11) is 0. The molecule has 148 valence electrons. The van der Waals surface area contributed by atoms with Gasteiger partial charge in [-0.25, -0.2) is 0 Å². The maximum absolute atomic E-state index is 12.9. The largest absolute Gasteiger partial charge is 0.349 e. The lowest BCUT2D eigenvalue weighted by atomic mass is 9.48. The number of nitrogens with one attached hydrogen (secondary N) is 1. The Balaban J connectivity index is 1.28. The first kappa shape index (κ1) is 17.9. The van der Waals surface area contributed by atoms with Gasteiger partial charge in [-0.2, -0.15) is 0 Å². The highest BCUT2D eigenvalue weighted by Crippen LogP contribution is 2.61. The molecule has 1 atom stereocenters. The third-order valence-electron chi connectivity index (χ3n) is 7.79. The van der Waals surface area contributed by atoms with Gasteiger partial charge in [0.05, 0.1) is 5.69 Å². The van der Waals surface area contributed by atoms with E-state index in [1.165, 1.54) is 43.4 Å². The SMILES string of the molecule is C[C@@H](NC(=O)c1ccc(N2C(=O)CCC2=O)cc1)C12CC3CC(CC(C3)C1)C2. The molecule has 1 saturated heterocycles. The number of hydrogen-bond acceptors (Lipinski definition) is 3. The highest BCUT2D eigenvalue weighted by Gasteiger charge is 2.53. The van der Waals surface area contributed by atoms with E-state index in [1.54, 1.807) is 24.3 Å². The van der Waals surface area contributed by atoms with E-state index in [4.69, 9.17) is 0 Å². The number of rotatable bonds is 4. The van der Waals surface area contributed by atoms with Gasteiger partial charge < -0.3 is 5.32 Å². The summed E-state index contributed by atoms with van der Waals surface area (Å²) in [5.74, 6) is 2.19. The van der Waals surface area contributed by atoms with Gasteiger partial charge >= 0.3 is 0 Å². The third kappa shape index (κ3) is 2.87. The van der Waals surface area contributed by atoms with Crippen molar-refractivity contribution in [3.8, 4) is 0 Å². The maximum atomic E-state index is 12.9. The number of imide groups is 1. The summed E-state index contributed by atoms with van der Waals surface area (Å²) in [5, 5.41) is 3.27. The van der Waals surface area contributed by atoms with Gasteiger partial charge in [0.2, 0.25) is 11.8 Å². The van der Waals surface area contributed by atoms with Crippen molar-refractivity contribution in [2.45, 2.75) is 64.3 Å². The van der Waals surface area contributed by atoms with E-state index in [1.807, 2.05) is 0 Å². The Morgan fingerprint density at radius 2 is 1.46 bits per heavy atom. The molecule has 0 unspecified atom stereocenters. The van der Waals surface area contributed by atoms with Gasteiger partial charge in [-0.05, 0) is 92.9 Å². The molecule has 4 bridgehead atoms. The fourth-order valence-corrected chi connectivity index (χ4v) is 6.77. The van der Waals surface area contributed by atoms with Crippen LogP contribution in [-0.2, 0) is 9.59 Å². The Labute approximate surface area is 165 Å². The van der Waals surface area contributed by atoms with Gasteiger partial charge in [0, 0.05) is 24.4 Å². The Morgan fingerprint density at radius 1 is 0.964 bits per heavy atom. The summed E-state index contributed by atoms with van der Waals surface area (Å²) < 4.78 is 0. The first-order valence-electron chi connectivity index (χ1n) is 10.7. The zero-order valence-corrected chi connectivity index (χ0v) is 16.4. The van der Waals surface area contributed by atoms with Crippen molar-refractivity contribution in [3.63, 3.8) is 0 Å². The van der Waals surface area contributed by atoms with Crippen LogP contribution in [0.3, 0.4) is 0 Å². The smallest absolute Gasteiger partial charge is 0.251 e. The van der Waals surface area contributed by atoms with Crippen molar-refractivity contribution < 1.29 is 14.4 Å². The van der Waals surface area contributed by atoms with Crippen molar-refractivity contribution in [1.29, 1.82) is 0 Å². The summed E-state index contributed by atoms with van der Waals surface area (Å²) in [6.07, 6.45) is 8.52. The molecule has 0 aromatic heterocycles. The minimum Gasteiger partial charge on any atom is -0.349 e. The zero-order valence-electron chi connectivity index (χ0n) is 16.4. The van der Waals surface area contributed by atoms with E-state index < -0.39 is 0 Å². The van der Waals surface area contributed by atoms with E-state index in [-0.39, 0.29) is 42.0 Å². The van der Waals surface area contributed by atoms with Crippen LogP contribution in [0.4, 0.5) is 5.69 Å². The molecule has 3 amide bonds. The van der Waals surface area contributed by atoms with Crippen molar-refractivity contribution in [1.82, 2.24) is 5.32 Å². The first-order chi connectivity index (χ1) is 13.4. The quantitative estimate of drug-likeness (QED) is 0.811. The van der Waals surface area contributed by atoms with Crippen LogP contribution in [0.25, 0.3) is 0 Å². The van der Waals surface area contributed by atoms with Gasteiger partial charge in [-0.1, -0.05) is 0 Å². The van der Waals surface area contributed by atoms with Gasteiger partial charge in [-0.3, -0.25) is 19.3 Å². The fourth-order valence-electron chi connectivity index (χ4n) is 6.77. The normalized spacial score (nSPS) is 34.8. The fraction of sp³-hybridized carbons (Fsp3) is 0.609. The standard InChI is InChI=1S/C23H28N2O3/c1-14(23-11-15-8-16(12-23)10-17(9-15)13-23)24-22(28)18-2-4-19(5-3-18)25-20(26)6-7-21(25)27/h2-5,14-17H,6-13H2,1H3,(H,24,28)/t14-,15?,16?,17?,23?/m1/s1. The molecule has 28 heavy (non-hydrogen) atoms. The Hall–Kier alpha value is -2.17. The number of carbonyl (C=O) groups is 3. The zero-order chi connectivity index (χ0) is 19.5. The second kappa shape index (κ2) is 6.43. The molecule has 1 N–H and O–H groups in total. The summed E-state index contributed by atoms with van der Waals surface area (Å²) in [6.45, 7) is 2.18. The minimum atomic E-state index is -0.169. The third-order valence-corrected chi connectivity index (χ3v) is 7.79. The molecular weight excluding hydrogens is 352 g/mol. The van der Waals surface area contributed by atoms with Crippen LogP contribution >= 0.6 is 0 Å². The Bertz CT molecular complexity index is 777. The molecule has 4 aliphatic carbocycles. The molecule has 1 aliphatic heterocycles. The number of amides is 3. The van der Waals surface area contributed by atoms with Gasteiger partial charge in [0.25, 0.3) is 5.91 Å². The second-order valence-electron chi connectivity index (χ2n) is 9.64. The van der Waals surface area contributed by atoms with Gasteiger partial charge in [0.15, 0.2) is 0 Å². The molecule has 5 heteroatoms. The highest BCUT2D eigenvalue weighted by atomic mass is 16.2. The summed E-state index contributed by atoms with van der Waals surface area (Å²) in [5.41, 5.74) is 1.41. The molecule has 0 spiro atoms. The van der Waals surface area contributed by atoms with E-state index in [9.17, 15) is 14.4 Å². The number of hydrogen-bond donors (Lipinski definition) is 1. The van der Waals surface area contributed by atoms with Crippen LogP contribution in [0.5, 0.6) is 0 Å². The van der Waals surface area contributed by atoms with Crippen molar-refractivity contribution >= 4 is 23.4 Å². The number of anilines is 1. The van der Waals surface area contributed by atoms with Gasteiger partial charge in [-0.15, -0.1) is 0 Å². The topological polar surface area (TPSA) is 66.5 Å². The van der Waals surface area contributed by atoms with E-state index in [2.05, 4.69) is 12.2 Å². The van der Waals surface area contributed by atoms with Crippen molar-refractivity contribution in [2.24, 2.45) is 23.2 Å². The Morgan fingerprint density at radius 3 is 1.96 bits per heavy atom. The predicted molar refractivity (Wildman–Crippen MR) is 106 cm³/mol. The maximum Gasteiger partial charge on any atom is 0.251 e. The molecule has 0 radical (unpaired) electrons. The molecule has 5 fully saturated rings. The summed E-state index contributed by atoms with van der Waals surface area (Å²) in [4.78, 5) is 37.8. The predicted octanol–water partition coefficient (Wildman–Crippen LogP) is 3.67. The molecular formula is C23H28N2O3. The lowest BCUT2D eigenvalue weighted by Gasteiger charge is -2.59. The van der Waals surface area contributed by atoms with Crippen LogP contribution in [0.2, 0.25) is 0 Å². The van der Waals surface area contributed by atoms with Gasteiger partial charge in [0.1, 0.15) is 0 Å². The lowest BCUT2D eigenvalue weighted by molar-refractivity contribution is -0.121. The molecule has 6 rings (SSSR count). The van der Waals surface area contributed by atoms with Crippen LogP contribution in [0, 0.1) is 23.2 Å². The van der Waals surface area contributed by atoms with Crippen LogP contribution in [0.1, 0.15) is 68.6 Å². The minimum absolute atomic E-state index is 0.0612. The van der Waals surface area contributed by atoms with Crippen LogP contribution in [0.15, 0.2) is 24.3 Å². The van der Waals surface area contributed by atoms with Crippen LogP contribution in [-0.4, -0.2) is 23.8 Å². The lowest BCUT2D eigenvalue weighted by Crippen LogP contribution is -2.55. The van der Waals surface area contributed by atoms with E-state index in [0.29, 0.717) is 11.3 Å². The van der Waals surface area contributed by atoms with Crippen LogP contribution < -0.4 is 10.2 Å². The molecule has 4 saturated carbocycles. The molecule has 1 heterocycles.